The summed E-state index contributed by atoms with van der Waals surface area (Å²) in [5, 5.41) is 5.55. The quantitative estimate of drug-likeness (QED) is 0.507. The van der Waals surface area contributed by atoms with Crippen LogP contribution in [0.5, 0.6) is 11.5 Å². The summed E-state index contributed by atoms with van der Waals surface area (Å²) in [6.45, 7) is 4.59. The molecule has 0 atom stereocenters. The van der Waals surface area contributed by atoms with Crippen molar-refractivity contribution in [1.29, 1.82) is 0 Å². The van der Waals surface area contributed by atoms with Crippen molar-refractivity contribution in [3.05, 3.63) is 47.2 Å². The molecule has 0 fully saturated rings. The first-order valence-corrected chi connectivity index (χ1v) is 10.1. The van der Waals surface area contributed by atoms with Gasteiger partial charge in [-0.15, -0.1) is 11.3 Å². The topological polar surface area (TPSA) is 73.6 Å². The van der Waals surface area contributed by atoms with Crippen LogP contribution in [0.3, 0.4) is 0 Å². The molecule has 7 heteroatoms. The van der Waals surface area contributed by atoms with E-state index in [1.807, 2.05) is 36.6 Å². The average Bonchev–Trinajstić information content (AvgIpc) is 3.31. The lowest BCUT2D eigenvalue weighted by atomic mass is 10.2. The summed E-state index contributed by atoms with van der Waals surface area (Å²) in [4.78, 5) is 17.0. The number of methoxy groups -OCH3 is 1. The highest BCUT2D eigenvalue weighted by molar-refractivity contribution is 7.13. The largest absolute Gasteiger partial charge is 0.497 e. The second kappa shape index (κ2) is 9.41. The van der Waals surface area contributed by atoms with E-state index in [-0.39, 0.29) is 12.3 Å². The monoisotopic (exact) mass is 400 g/mol. The Kier molecular flexibility index (Phi) is 6.71. The average molecular weight is 401 g/mol. The van der Waals surface area contributed by atoms with Crippen LogP contribution < -0.4 is 14.8 Å². The van der Waals surface area contributed by atoms with Crippen LogP contribution in [0.25, 0.3) is 10.8 Å². The Morgan fingerprint density at radius 3 is 2.86 bits per heavy atom. The molecule has 0 radical (unpaired) electrons. The van der Waals surface area contributed by atoms with Gasteiger partial charge in [-0.25, -0.2) is 4.98 Å². The summed E-state index contributed by atoms with van der Waals surface area (Å²) in [5.41, 5.74) is 1.29. The molecule has 0 saturated heterocycles. The lowest BCUT2D eigenvalue weighted by Crippen LogP contribution is -2.15. The summed E-state index contributed by atoms with van der Waals surface area (Å²) >= 11 is 1.46. The van der Waals surface area contributed by atoms with Gasteiger partial charge in [0, 0.05) is 11.4 Å². The number of nitrogens with one attached hydrogen (secondary N) is 1. The van der Waals surface area contributed by atoms with Crippen molar-refractivity contribution in [2.75, 3.05) is 19.0 Å². The number of anilines is 1. The summed E-state index contributed by atoms with van der Waals surface area (Å²) in [6.07, 6.45) is 2.16. The number of hydrogen-bond acceptors (Lipinski definition) is 6. The minimum absolute atomic E-state index is 0.166. The Morgan fingerprint density at radius 2 is 2.14 bits per heavy atom. The van der Waals surface area contributed by atoms with E-state index in [9.17, 15) is 4.79 Å². The van der Waals surface area contributed by atoms with Crippen molar-refractivity contribution in [2.45, 2.75) is 33.1 Å². The number of hydrogen-bond donors (Lipinski definition) is 1. The van der Waals surface area contributed by atoms with Crippen molar-refractivity contribution in [3.8, 4) is 22.3 Å². The van der Waals surface area contributed by atoms with Crippen LogP contribution in [0.4, 0.5) is 5.69 Å². The molecule has 3 aromatic rings. The standard InChI is InChI=1S/C21H24N2O4S/c1-4-5-10-26-18-9-7-16(25-3)12-17(18)23-20(24)11-15-13-28-21(22-15)19-8-6-14(2)27-19/h6-9,12-13H,4-5,10-11H2,1-3H3,(H,23,24). The Morgan fingerprint density at radius 1 is 1.29 bits per heavy atom. The van der Waals surface area contributed by atoms with Crippen molar-refractivity contribution < 1.29 is 18.7 Å². The SMILES string of the molecule is CCCCOc1ccc(OC)cc1NC(=O)Cc1csc(-c2ccc(C)o2)n1. The van der Waals surface area contributed by atoms with Gasteiger partial charge in [-0.2, -0.15) is 0 Å². The van der Waals surface area contributed by atoms with E-state index >= 15 is 0 Å². The van der Waals surface area contributed by atoms with E-state index in [4.69, 9.17) is 13.9 Å². The molecule has 148 valence electrons. The van der Waals surface area contributed by atoms with E-state index in [1.54, 1.807) is 13.2 Å². The fourth-order valence-corrected chi connectivity index (χ4v) is 3.38. The summed E-state index contributed by atoms with van der Waals surface area (Å²) in [6, 6.07) is 9.16. The highest BCUT2D eigenvalue weighted by Crippen LogP contribution is 2.30. The van der Waals surface area contributed by atoms with Crippen molar-refractivity contribution in [1.82, 2.24) is 4.98 Å². The fraction of sp³-hybridized carbons (Fsp3) is 0.333. The van der Waals surface area contributed by atoms with Gasteiger partial charge in [-0.05, 0) is 37.6 Å². The number of carbonyl (C=O) groups excluding carboxylic acids is 1. The maximum absolute atomic E-state index is 12.5. The van der Waals surface area contributed by atoms with Crippen LogP contribution in [-0.2, 0) is 11.2 Å². The normalized spacial score (nSPS) is 10.7. The lowest BCUT2D eigenvalue weighted by Gasteiger charge is -2.13. The Bertz CT molecular complexity index is 932. The Hall–Kier alpha value is -2.80. The molecule has 0 unspecified atom stereocenters. The van der Waals surface area contributed by atoms with E-state index < -0.39 is 0 Å². The van der Waals surface area contributed by atoms with Gasteiger partial charge >= 0.3 is 0 Å². The number of thiazole rings is 1. The molecule has 1 aromatic carbocycles. The van der Waals surface area contributed by atoms with Crippen LogP contribution in [0.2, 0.25) is 0 Å². The van der Waals surface area contributed by atoms with Gasteiger partial charge < -0.3 is 19.2 Å². The number of aryl methyl sites for hydroxylation is 1. The highest BCUT2D eigenvalue weighted by Gasteiger charge is 2.14. The number of ether oxygens (including phenoxy) is 2. The Balaban J connectivity index is 1.67. The highest BCUT2D eigenvalue weighted by atomic mass is 32.1. The molecular formula is C21H24N2O4S. The third-order valence-electron chi connectivity index (χ3n) is 4.06. The number of carbonyl (C=O) groups is 1. The predicted molar refractivity (Wildman–Crippen MR) is 110 cm³/mol. The molecule has 0 aliphatic carbocycles. The molecule has 0 aliphatic heterocycles. The number of unbranched alkanes of at least 4 members (excludes halogenated alkanes) is 1. The van der Waals surface area contributed by atoms with Crippen molar-refractivity contribution in [3.63, 3.8) is 0 Å². The fourth-order valence-electron chi connectivity index (χ4n) is 2.60. The molecule has 1 N–H and O–H groups in total. The first-order valence-electron chi connectivity index (χ1n) is 9.21. The molecule has 0 aliphatic rings. The summed E-state index contributed by atoms with van der Waals surface area (Å²) in [5.74, 6) is 2.67. The van der Waals surface area contributed by atoms with Gasteiger partial charge in [0.1, 0.15) is 17.3 Å². The van der Waals surface area contributed by atoms with Crippen molar-refractivity contribution >= 4 is 22.9 Å². The zero-order valence-corrected chi connectivity index (χ0v) is 17.1. The van der Waals surface area contributed by atoms with Gasteiger partial charge in [0.15, 0.2) is 10.8 Å². The second-order valence-electron chi connectivity index (χ2n) is 6.34. The minimum atomic E-state index is -0.166. The molecule has 2 aromatic heterocycles. The van der Waals surface area contributed by atoms with Gasteiger partial charge in [-0.3, -0.25) is 4.79 Å². The summed E-state index contributed by atoms with van der Waals surface area (Å²) in [7, 11) is 1.59. The van der Waals surface area contributed by atoms with Crippen molar-refractivity contribution in [2.24, 2.45) is 0 Å². The van der Waals surface area contributed by atoms with Gasteiger partial charge in [0.2, 0.25) is 5.91 Å². The molecule has 3 rings (SSSR count). The Labute approximate surface area is 168 Å². The lowest BCUT2D eigenvalue weighted by molar-refractivity contribution is -0.115. The summed E-state index contributed by atoms with van der Waals surface area (Å²) < 4.78 is 16.6. The van der Waals surface area contributed by atoms with E-state index in [0.29, 0.717) is 35.2 Å². The first kappa shape index (κ1) is 19.9. The molecule has 1 amide bonds. The third kappa shape index (κ3) is 5.13. The van der Waals surface area contributed by atoms with Crippen LogP contribution in [0.15, 0.2) is 40.1 Å². The van der Waals surface area contributed by atoms with Gasteiger partial charge in [0.25, 0.3) is 0 Å². The number of aromatic nitrogens is 1. The molecule has 0 spiro atoms. The third-order valence-corrected chi connectivity index (χ3v) is 4.97. The zero-order valence-electron chi connectivity index (χ0n) is 16.3. The van der Waals surface area contributed by atoms with Gasteiger partial charge in [-0.1, -0.05) is 13.3 Å². The molecule has 6 nitrogen and oxygen atoms in total. The van der Waals surface area contributed by atoms with E-state index in [0.717, 1.165) is 23.6 Å². The predicted octanol–water partition coefficient (Wildman–Crippen LogP) is 5.08. The number of benzene rings is 1. The molecular weight excluding hydrogens is 376 g/mol. The van der Waals surface area contributed by atoms with E-state index in [1.165, 1.54) is 11.3 Å². The molecule has 0 bridgehead atoms. The molecule has 0 saturated carbocycles. The number of furan rings is 1. The number of rotatable bonds is 9. The molecule has 2 heterocycles. The minimum Gasteiger partial charge on any atom is -0.497 e. The van der Waals surface area contributed by atoms with E-state index in [2.05, 4.69) is 17.2 Å². The van der Waals surface area contributed by atoms with Crippen LogP contribution >= 0.6 is 11.3 Å². The maximum Gasteiger partial charge on any atom is 0.230 e. The molecule has 28 heavy (non-hydrogen) atoms. The van der Waals surface area contributed by atoms with Crippen LogP contribution in [0.1, 0.15) is 31.2 Å². The smallest absolute Gasteiger partial charge is 0.230 e. The second-order valence-corrected chi connectivity index (χ2v) is 7.20. The van der Waals surface area contributed by atoms with Gasteiger partial charge in [0.05, 0.1) is 31.5 Å². The van der Waals surface area contributed by atoms with Crippen LogP contribution in [-0.4, -0.2) is 24.6 Å². The maximum atomic E-state index is 12.5. The van der Waals surface area contributed by atoms with Crippen LogP contribution in [0, 0.1) is 6.92 Å². The zero-order chi connectivity index (χ0) is 19.9. The first-order chi connectivity index (χ1) is 13.6. The number of nitrogens with zero attached hydrogens (tertiary/aromatic N) is 1. The number of amides is 1.